The Bertz CT molecular complexity index is 1280. The molecule has 0 unspecified atom stereocenters. The molecule has 2 heterocycles. The fourth-order valence-corrected chi connectivity index (χ4v) is 4.92. The molecule has 4 rings (SSSR count). The number of halogens is 1. The summed E-state index contributed by atoms with van der Waals surface area (Å²) in [6.45, 7) is 9.05. The average Bonchev–Trinajstić information content (AvgIpc) is 2.80. The van der Waals surface area contributed by atoms with E-state index in [1.54, 1.807) is 37.4 Å². The van der Waals surface area contributed by atoms with E-state index >= 15 is 4.39 Å². The lowest BCUT2D eigenvalue weighted by Gasteiger charge is -2.43. The Morgan fingerprint density at radius 3 is 2.49 bits per heavy atom. The van der Waals surface area contributed by atoms with Gasteiger partial charge in [0.1, 0.15) is 17.1 Å². The number of thiocarbonyl (C=S) groups is 1. The molecule has 35 heavy (non-hydrogen) atoms. The molecule has 8 heteroatoms. The molecule has 2 amide bonds. The van der Waals surface area contributed by atoms with Crippen LogP contribution in [0.1, 0.15) is 45.2 Å². The molecular formula is C27H28FN3O3S. The lowest BCUT2D eigenvalue weighted by molar-refractivity contribution is -0.122. The van der Waals surface area contributed by atoms with Crippen molar-refractivity contribution in [1.82, 2.24) is 5.32 Å². The molecule has 1 fully saturated rings. The van der Waals surface area contributed by atoms with Crippen LogP contribution in [0.15, 0.2) is 48.0 Å². The van der Waals surface area contributed by atoms with E-state index in [-0.39, 0.29) is 21.8 Å². The maximum Gasteiger partial charge on any atom is 0.270 e. The van der Waals surface area contributed by atoms with E-state index in [4.69, 9.17) is 17.0 Å². The SMILES string of the molecule is CCCN1c2cc(F)c(/C=C3/C(=O)NC(=S)N(c4ccc(OC)cc4)C3=O)cc2C(C)=CC1(C)C. The number of ether oxygens (including phenoxy) is 1. The molecule has 0 radical (unpaired) electrons. The predicted octanol–water partition coefficient (Wildman–Crippen LogP) is 5.08. The number of anilines is 2. The van der Waals surface area contributed by atoms with Gasteiger partial charge >= 0.3 is 0 Å². The molecule has 1 saturated heterocycles. The smallest absolute Gasteiger partial charge is 0.270 e. The maximum atomic E-state index is 15.4. The largest absolute Gasteiger partial charge is 0.497 e. The fraction of sp³-hybridized carbons (Fsp3) is 0.296. The third-order valence-electron chi connectivity index (χ3n) is 6.28. The topological polar surface area (TPSA) is 61.9 Å². The molecule has 0 aliphatic carbocycles. The van der Waals surface area contributed by atoms with Gasteiger partial charge in [0.15, 0.2) is 5.11 Å². The third kappa shape index (κ3) is 4.46. The number of fused-ring (bicyclic) bond motifs is 1. The minimum absolute atomic E-state index is 0.0375. The van der Waals surface area contributed by atoms with Crippen molar-refractivity contribution in [2.24, 2.45) is 0 Å². The molecular weight excluding hydrogens is 465 g/mol. The van der Waals surface area contributed by atoms with E-state index in [1.165, 1.54) is 17.0 Å². The van der Waals surface area contributed by atoms with Crippen molar-refractivity contribution in [3.8, 4) is 5.75 Å². The van der Waals surface area contributed by atoms with Gasteiger partial charge in [-0.15, -0.1) is 0 Å². The average molecular weight is 494 g/mol. The van der Waals surface area contributed by atoms with Gasteiger partial charge in [-0.25, -0.2) is 4.39 Å². The quantitative estimate of drug-likeness (QED) is 0.358. The number of nitrogens with zero attached hydrogens (tertiary/aromatic N) is 2. The van der Waals surface area contributed by atoms with Gasteiger partial charge < -0.3 is 9.64 Å². The standard InChI is InChI=1S/C27H28FN3O3S/c1-6-11-30-23-14-22(28)17(12-20(23)16(2)15-27(30,3)4)13-21-24(32)29-26(35)31(25(21)33)18-7-9-19(34-5)10-8-18/h7-10,12-15H,6,11H2,1-5H3,(H,29,32,35)/b21-13-. The minimum atomic E-state index is -0.664. The van der Waals surface area contributed by atoms with E-state index < -0.39 is 17.6 Å². The van der Waals surface area contributed by atoms with Gasteiger partial charge in [-0.1, -0.05) is 13.0 Å². The number of benzene rings is 2. The Morgan fingerprint density at radius 1 is 1.17 bits per heavy atom. The van der Waals surface area contributed by atoms with E-state index in [0.717, 1.165) is 29.8 Å². The molecule has 0 spiro atoms. The van der Waals surface area contributed by atoms with Crippen molar-refractivity contribution in [2.75, 3.05) is 23.5 Å². The van der Waals surface area contributed by atoms with Gasteiger partial charge in [0.25, 0.3) is 11.8 Å². The number of carbonyl (C=O) groups is 2. The first kappa shape index (κ1) is 24.6. The lowest BCUT2D eigenvalue weighted by Crippen LogP contribution is -2.54. The monoisotopic (exact) mass is 493 g/mol. The third-order valence-corrected chi connectivity index (χ3v) is 6.56. The molecule has 1 N–H and O–H groups in total. The number of methoxy groups -OCH3 is 1. The van der Waals surface area contributed by atoms with Gasteiger partial charge in [-0.2, -0.15) is 0 Å². The Kier molecular flexibility index (Phi) is 6.51. The zero-order chi connectivity index (χ0) is 25.5. The van der Waals surface area contributed by atoms with Gasteiger partial charge in [0, 0.05) is 23.4 Å². The van der Waals surface area contributed by atoms with Crippen LogP contribution in [-0.2, 0) is 9.59 Å². The predicted molar refractivity (Wildman–Crippen MR) is 141 cm³/mol. The van der Waals surface area contributed by atoms with Crippen LogP contribution in [0.5, 0.6) is 5.75 Å². The molecule has 2 aromatic rings. The summed E-state index contributed by atoms with van der Waals surface area (Å²) in [4.78, 5) is 29.4. The second-order valence-electron chi connectivity index (χ2n) is 9.18. The van der Waals surface area contributed by atoms with Crippen LogP contribution in [-0.4, -0.2) is 36.1 Å². The second-order valence-corrected chi connectivity index (χ2v) is 9.57. The summed E-state index contributed by atoms with van der Waals surface area (Å²) in [7, 11) is 1.54. The summed E-state index contributed by atoms with van der Waals surface area (Å²) in [6, 6.07) is 9.89. The highest BCUT2D eigenvalue weighted by atomic mass is 32.1. The normalized spacial score (nSPS) is 18.4. The summed E-state index contributed by atoms with van der Waals surface area (Å²) >= 11 is 5.25. The number of allylic oxidation sites excluding steroid dienone is 1. The molecule has 0 aromatic heterocycles. The number of rotatable bonds is 5. The van der Waals surface area contributed by atoms with Crippen LogP contribution in [0.4, 0.5) is 15.8 Å². The maximum absolute atomic E-state index is 15.4. The summed E-state index contributed by atoms with van der Waals surface area (Å²) < 4.78 is 20.5. The van der Waals surface area contributed by atoms with Crippen molar-refractivity contribution < 1.29 is 18.7 Å². The number of hydrogen-bond donors (Lipinski definition) is 1. The highest BCUT2D eigenvalue weighted by molar-refractivity contribution is 7.80. The van der Waals surface area contributed by atoms with Crippen molar-refractivity contribution in [3.05, 3.63) is 65.0 Å². The van der Waals surface area contributed by atoms with Crippen LogP contribution in [0.25, 0.3) is 11.6 Å². The minimum Gasteiger partial charge on any atom is -0.497 e. The summed E-state index contributed by atoms with van der Waals surface area (Å²) in [6.07, 6.45) is 4.36. The lowest BCUT2D eigenvalue weighted by atomic mass is 9.87. The van der Waals surface area contributed by atoms with E-state index in [1.807, 2.05) is 6.92 Å². The molecule has 0 saturated carbocycles. The Labute approximate surface area is 210 Å². The molecule has 182 valence electrons. The first-order valence-electron chi connectivity index (χ1n) is 11.4. The molecule has 0 atom stereocenters. The summed E-state index contributed by atoms with van der Waals surface area (Å²) in [5, 5.41) is 2.50. The van der Waals surface area contributed by atoms with E-state index in [2.05, 4.69) is 37.1 Å². The number of carbonyl (C=O) groups excluding carboxylic acids is 2. The van der Waals surface area contributed by atoms with Gasteiger partial charge in [-0.3, -0.25) is 19.8 Å². The number of amides is 2. The van der Waals surface area contributed by atoms with E-state index in [0.29, 0.717) is 11.4 Å². The van der Waals surface area contributed by atoms with Crippen molar-refractivity contribution in [1.29, 1.82) is 0 Å². The molecule has 2 aliphatic heterocycles. The molecule has 2 aromatic carbocycles. The summed E-state index contributed by atoms with van der Waals surface area (Å²) in [5.41, 5.74) is 2.86. The first-order valence-corrected chi connectivity index (χ1v) is 11.8. The van der Waals surface area contributed by atoms with Gasteiger partial charge in [0.05, 0.1) is 18.3 Å². The Balaban J connectivity index is 1.77. The van der Waals surface area contributed by atoms with E-state index in [9.17, 15) is 9.59 Å². The highest BCUT2D eigenvalue weighted by Crippen LogP contribution is 2.40. The highest BCUT2D eigenvalue weighted by Gasteiger charge is 2.35. The fourth-order valence-electron chi connectivity index (χ4n) is 4.64. The Hall–Kier alpha value is -3.52. The summed E-state index contributed by atoms with van der Waals surface area (Å²) in [5.74, 6) is -1.18. The zero-order valence-electron chi connectivity index (χ0n) is 20.4. The van der Waals surface area contributed by atoms with Crippen LogP contribution < -0.4 is 19.9 Å². The van der Waals surface area contributed by atoms with Crippen molar-refractivity contribution >= 4 is 52.2 Å². The Morgan fingerprint density at radius 2 is 1.86 bits per heavy atom. The molecule has 2 aliphatic rings. The van der Waals surface area contributed by atoms with Crippen molar-refractivity contribution in [3.63, 3.8) is 0 Å². The van der Waals surface area contributed by atoms with Crippen LogP contribution >= 0.6 is 12.2 Å². The van der Waals surface area contributed by atoms with Crippen LogP contribution in [0.3, 0.4) is 0 Å². The van der Waals surface area contributed by atoms with Gasteiger partial charge in [-0.05, 0) is 87.5 Å². The van der Waals surface area contributed by atoms with Crippen molar-refractivity contribution in [2.45, 2.75) is 39.7 Å². The van der Waals surface area contributed by atoms with Crippen LogP contribution in [0, 0.1) is 5.82 Å². The molecule has 0 bridgehead atoms. The van der Waals surface area contributed by atoms with Crippen LogP contribution in [0.2, 0.25) is 0 Å². The number of hydrogen-bond acceptors (Lipinski definition) is 5. The second kappa shape index (κ2) is 9.26. The van der Waals surface area contributed by atoms with Gasteiger partial charge in [0.2, 0.25) is 0 Å². The number of nitrogens with one attached hydrogen (secondary N) is 1. The first-order chi connectivity index (χ1) is 16.6. The zero-order valence-corrected chi connectivity index (χ0v) is 21.3. The molecule has 6 nitrogen and oxygen atoms in total.